The summed E-state index contributed by atoms with van der Waals surface area (Å²) in [6.45, 7) is 3.71. The average Bonchev–Trinajstić information content (AvgIpc) is 2.01. The van der Waals surface area contributed by atoms with Crippen LogP contribution in [0, 0.1) is 6.92 Å². The van der Waals surface area contributed by atoms with Crippen LogP contribution in [0.2, 0.25) is 0 Å². The number of hydrogen-bond donors (Lipinski definition) is 3. The van der Waals surface area contributed by atoms with Crippen LogP contribution >= 0.6 is 0 Å². The van der Waals surface area contributed by atoms with E-state index < -0.39 is 0 Å². The molecule has 0 fully saturated rings. The third-order valence-corrected chi connectivity index (χ3v) is 1.68. The zero-order chi connectivity index (χ0) is 8.43. The topological polar surface area (TPSA) is 78.1 Å². The van der Waals surface area contributed by atoms with E-state index in [0.29, 0.717) is 23.5 Å². The van der Waals surface area contributed by atoms with Crippen LogP contribution in [0.1, 0.15) is 5.56 Å². The van der Waals surface area contributed by atoms with E-state index in [9.17, 15) is 0 Å². The molecule has 0 atom stereocenters. The molecule has 3 heteroatoms. The Kier molecular flexibility index (Phi) is 1.89. The van der Waals surface area contributed by atoms with Gasteiger partial charge in [-0.1, -0.05) is 6.07 Å². The van der Waals surface area contributed by atoms with Crippen molar-refractivity contribution in [3.63, 3.8) is 0 Å². The van der Waals surface area contributed by atoms with E-state index in [-0.39, 0.29) is 0 Å². The molecule has 1 radical (unpaired) electrons. The molecule has 0 aromatic heterocycles. The molecule has 0 saturated heterocycles. The fraction of sp³-hybridized carbons (Fsp3) is 0.125. The molecule has 0 aliphatic heterocycles. The van der Waals surface area contributed by atoms with Gasteiger partial charge in [-0.25, -0.2) is 0 Å². The van der Waals surface area contributed by atoms with E-state index in [2.05, 4.69) is 6.92 Å². The van der Waals surface area contributed by atoms with Crippen LogP contribution in [-0.4, -0.2) is 0 Å². The summed E-state index contributed by atoms with van der Waals surface area (Å²) in [6.07, 6.45) is 0.635. The second kappa shape index (κ2) is 2.70. The van der Waals surface area contributed by atoms with Gasteiger partial charge in [0.15, 0.2) is 0 Å². The first-order valence-corrected chi connectivity index (χ1v) is 3.38. The third-order valence-electron chi connectivity index (χ3n) is 1.68. The zero-order valence-electron chi connectivity index (χ0n) is 6.30. The lowest BCUT2D eigenvalue weighted by molar-refractivity contribution is 1.28. The van der Waals surface area contributed by atoms with Gasteiger partial charge in [0.25, 0.3) is 0 Å². The summed E-state index contributed by atoms with van der Waals surface area (Å²) in [5.41, 5.74) is 19.2. The van der Waals surface area contributed by atoms with Crippen LogP contribution in [0.3, 0.4) is 0 Å². The molecule has 1 rings (SSSR count). The summed E-state index contributed by atoms with van der Waals surface area (Å²) in [7, 11) is 0. The van der Waals surface area contributed by atoms with Crippen molar-refractivity contribution in [1.29, 1.82) is 0 Å². The number of nitrogens with two attached hydrogens (primary N) is 3. The predicted octanol–water partition coefficient (Wildman–Crippen LogP) is 0.810. The van der Waals surface area contributed by atoms with Gasteiger partial charge in [-0.15, -0.1) is 0 Å². The summed E-state index contributed by atoms with van der Waals surface area (Å²) < 4.78 is 0. The van der Waals surface area contributed by atoms with Gasteiger partial charge in [0.1, 0.15) is 0 Å². The molecular formula is C8H12N3. The Morgan fingerprint density at radius 2 is 1.73 bits per heavy atom. The molecule has 0 saturated carbocycles. The Morgan fingerprint density at radius 3 is 2.27 bits per heavy atom. The smallest absolute Gasteiger partial charge is 0.0784 e. The lowest BCUT2D eigenvalue weighted by atomic mass is 10.1. The van der Waals surface area contributed by atoms with Crippen molar-refractivity contribution < 1.29 is 0 Å². The van der Waals surface area contributed by atoms with E-state index in [4.69, 9.17) is 17.2 Å². The van der Waals surface area contributed by atoms with Gasteiger partial charge in [-0.2, -0.15) is 0 Å². The van der Waals surface area contributed by atoms with Crippen molar-refractivity contribution in [3.8, 4) is 0 Å². The van der Waals surface area contributed by atoms with Crippen molar-refractivity contribution in [1.82, 2.24) is 0 Å². The molecule has 0 aliphatic carbocycles. The standard InChI is InChI=1S/C8H12N3/c1-2-5-3-4-6(9)8(11)7(5)10/h3-4H,1-2,9-11H2. The largest absolute Gasteiger partial charge is 0.397 e. The van der Waals surface area contributed by atoms with Gasteiger partial charge >= 0.3 is 0 Å². The SMILES string of the molecule is [CH2]Cc1ccc(N)c(N)c1N. The van der Waals surface area contributed by atoms with E-state index in [1.807, 2.05) is 6.07 Å². The van der Waals surface area contributed by atoms with Crippen LogP contribution in [0.25, 0.3) is 0 Å². The van der Waals surface area contributed by atoms with E-state index in [0.717, 1.165) is 5.56 Å². The number of hydrogen-bond acceptors (Lipinski definition) is 3. The summed E-state index contributed by atoms with van der Waals surface area (Å²) in [5.74, 6) is 0. The van der Waals surface area contributed by atoms with Crippen molar-refractivity contribution >= 4 is 17.1 Å². The molecule has 0 spiro atoms. The van der Waals surface area contributed by atoms with Gasteiger partial charge < -0.3 is 17.2 Å². The first-order valence-electron chi connectivity index (χ1n) is 3.38. The van der Waals surface area contributed by atoms with Gasteiger partial charge in [-0.05, 0) is 25.0 Å². The number of rotatable bonds is 1. The minimum Gasteiger partial charge on any atom is -0.397 e. The highest BCUT2D eigenvalue weighted by Crippen LogP contribution is 2.25. The van der Waals surface area contributed by atoms with Crippen LogP contribution in [-0.2, 0) is 6.42 Å². The zero-order valence-corrected chi connectivity index (χ0v) is 6.30. The molecule has 0 unspecified atom stereocenters. The fourth-order valence-corrected chi connectivity index (χ4v) is 0.916. The highest BCUT2D eigenvalue weighted by Gasteiger charge is 2.02. The highest BCUT2D eigenvalue weighted by atomic mass is 14.7. The minimum atomic E-state index is 0.464. The number of anilines is 3. The Balaban J connectivity index is 3.25. The second-order valence-electron chi connectivity index (χ2n) is 2.39. The fourth-order valence-electron chi connectivity index (χ4n) is 0.916. The summed E-state index contributed by atoms with van der Waals surface area (Å²) in [6, 6.07) is 3.58. The molecule has 59 valence electrons. The maximum atomic E-state index is 5.65. The quantitative estimate of drug-likeness (QED) is 0.518. The lowest BCUT2D eigenvalue weighted by Crippen LogP contribution is -2.02. The van der Waals surface area contributed by atoms with Gasteiger partial charge in [0.05, 0.1) is 17.1 Å². The highest BCUT2D eigenvalue weighted by molar-refractivity contribution is 5.79. The minimum absolute atomic E-state index is 0.464. The molecule has 0 heterocycles. The summed E-state index contributed by atoms with van der Waals surface area (Å²) >= 11 is 0. The Labute approximate surface area is 66.2 Å². The van der Waals surface area contributed by atoms with Crippen molar-refractivity contribution in [2.24, 2.45) is 0 Å². The monoisotopic (exact) mass is 150 g/mol. The van der Waals surface area contributed by atoms with E-state index in [1.165, 1.54) is 0 Å². The van der Waals surface area contributed by atoms with Crippen LogP contribution in [0.5, 0.6) is 0 Å². The number of nitrogen functional groups attached to an aromatic ring is 3. The molecule has 1 aromatic carbocycles. The maximum absolute atomic E-state index is 5.65. The van der Waals surface area contributed by atoms with Crippen molar-refractivity contribution in [2.45, 2.75) is 6.42 Å². The Hall–Kier alpha value is -1.38. The predicted molar refractivity (Wildman–Crippen MR) is 48.7 cm³/mol. The van der Waals surface area contributed by atoms with Crippen LogP contribution in [0.4, 0.5) is 17.1 Å². The van der Waals surface area contributed by atoms with Crippen molar-refractivity contribution in [2.75, 3.05) is 17.2 Å². The first kappa shape index (κ1) is 7.72. The Bertz CT molecular complexity index is 268. The molecule has 0 bridgehead atoms. The number of benzene rings is 1. The van der Waals surface area contributed by atoms with Crippen LogP contribution < -0.4 is 17.2 Å². The Morgan fingerprint density at radius 1 is 1.09 bits per heavy atom. The third kappa shape index (κ3) is 1.22. The summed E-state index contributed by atoms with van der Waals surface area (Å²) in [5, 5.41) is 0. The van der Waals surface area contributed by atoms with Crippen molar-refractivity contribution in [3.05, 3.63) is 24.6 Å². The maximum Gasteiger partial charge on any atom is 0.0784 e. The molecule has 3 nitrogen and oxygen atoms in total. The molecule has 6 N–H and O–H groups in total. The van der Waals surface area contributed by atoms with Gasteiger partial charge in [0, 0.05) is 0 Å². The molecule has 0 amide bonds. The average molecular weight is 150 g/mol. The second-order valence-corrected chi connectivity index (χ2v) is 2.39. The molecular weight excluding hydrogens is 138 g/mol. The first-order chi connectivity index (χ1) is 5.16. The van der Waals surface area contributed by atoms with E-state index in [1.54, 1.807) is 6.07 Å². The van der Waals surface area contributed by atoms with Crippen LogP contribution in [0.15, 0.2) is 12.1 Å². The van der Waals surface area contributed by atoms with E-state index >= 15 is 0 Å². The molecule has 1 aromatic rings. The van der Waals surface area contributed by atoms with Gasteiger partial charge in [0.2, 0.25) is 0 Å². The lowest BCUT2D eigenvalue weighted by Gasteiger charge is -2.07. The summed E-state index contributed by atoms with van der Waals surface area (Å²) in [4.78, 5) is 0. The normalized spacial score (nSPS) is 9.91. The molecule has 11 heavy (non-hydrogen) atoms. The van der Waals surface area contributed by atoms with Gasteiger partial charge in [-0.3, -0.25) is 0 Å². The molecule has 0 aliphatic rings.